The summed E-state index contributed by atoms with van der Waals surface area (Å²) >= 11 is 3.04. The molecule has 6 heteroatoms. The number of aryl methyl sites for hydroxylation is 1. The van der Waals surface area contributed by atoms with Crippen LogP contribution in [0.1, 0.15) is 15.9 Å². The average molecular weight is 355 g/mol. The molecule has 0 heterocycles. The van der Waals surface area contributed by atoms with Gasteiger partial charge in [-0.15, -0.1) is 0 Å². The predicted molar refractivity (Wildman–Crippen MR) is 82.7 cm³/mol. The SMILES string of the molecule is CNc1cc(C)ccc1C(=O)Nc1c(F)cc(F)cc1Br. The number of carbonyl (C=O) groups is 1. The summed E-state index contributed by atoms with van der Waals surface area (Å²) in [6.07, 6.45) is 0. The monoisotopic (exact) mass is 354 g/mol. The molecule has 2 rings (SSSR count). The van der Waals surface area contributed by atoms with Crippen LogP contribution in [0.25, 0.3) is 0 Å². The molecule has 0 spiro atoms. The van der Waals surface area contributed by atoms with Crippen molar-refractivity contribution in [2.24, 2.45) is 0 Å². The number of hydrogen-bond acceptors (Lipinski definition) is 2. The zero-order valence-electron chi connectivity index (χ0n) is 11.4. The molecule has 0 atom stereocenters. The number of halogens is 3. The molecule has 0 saturated heterocycles. The van der Waals surface area contributed by atoms with Crippen LogP contribution >= 0.6 is 15.9 Å². The Hall–Kier alpha value is -1.95. The van der Waals surface area contributed by atoms with Crippen LogP contribution in [0.3, 0.4) is 0 Å². The third-order valence-electron chi connectivity index (χ3n) is 2.93. The van der Waals surface area contributed by atoms with Crippen molar-refractivity contribution in [2.75, 3.05) is 17.7 Å². The highest BCUT2D eigenvalue weighted by Crippen LogP contribution is 2.28. The van der Waals surface area contributed by atoms with E-state index in [9.17, 15) is 13.6 Å². The Morgan fingerprint density at radius 1 is 1.19 bits per heavy atom. The summed E-state index contributed by atoms with van der Waals surface area (Å²) in [5.74, 6) is -2.04. The molecule has 2 N–H and O–H groups in total. The number of anilines is 2. The Balaban J connectivity index is 2.35. The van der Waals surface area contributed by atoms with Crippen LogP contribution in [0.5, 0.6) is 0 Å². The van der Waals surface area contributed by atoms with E-state index in [4.69, 9.17) is 0 Å². The number of carbonyl (C=O) groups excluding carboxylic acids is 1. The summed E-state index contributed by atoms with van der Waals surface area (Å²) in [7, 11) is 1.69. The molecule has 0 saturated carbocycles. The lowest BCUT2D eigenvalue weighted by Crippen LogP contribution is -2.15. The Morgan fingerprint density at radius 3 is 2.52 bits per heavy atom. The normalized spacial score (nSPS) is 10.3. The molecule has 0 radical (unpaired) electrons. The van der Waals surface area contributed by atoms with E-state index in [0.717, 1.165) is 11.6 Å². The molecule has 21 heavy (non-hydrogen) atoms. The Morgan fingerprint density at radius 2 is 1.90 bits per heavy atom. The van der Waals surface area contributed by atoms with E-state index in [1.54, 1.807) is 19.2 Å². The van der Waals surface area contributed by atoms with Crippen LogP contribution < -0.4 is 10.6 Å². The molecule has 2 aromatic rings. The van der Waals surface area contributed by atoms with Crippen molar-refractivity contribution in [3.63, 3.8) is 0 Å². The summed E-state index contributed by atoms with van der Waals surface area (Å²) in [6, 6.07) is 7.05. The van der Waals surface area contributed by atoms with Crippen molar-refractivity contribution in [1.82, 2.24) is 0 Å². The third kappa shape index (κ3) is 3.39. The zero-order chi connectivity index (χ0) is 15.6. The first kappa shape index (κ1) is 15.4. The Kier molecular flexibility index (Phi) is 4.57. The van der Waals surface area contributed by atoms with E-state index in [1.165, 1.54) is 0 Å². The van der Waals surface area contributed by atoms with Crippen molar-refractivity contribution in [2.45, 2.75) is 6.92 Å². The van der Waals surface area contributed by atoms with Crippen LogP contribution in [-0.2, 0) is 0 Å². The van der Waals surface area contributed by atoms with E-state index in [-0.39, 0.29) is 10.2 Å². The number of nitrogens with one attached hydrogen (secondary N) is 2. The number of amides is 1. The van der Waals surface area contributed by atoms with E-state index in [0.29, 0.717) is 17.3 Å². The van der Waals surface area contributed by atoms with E-state index >= 15 is 0 Å². The summed E-state index contributed by atoms with van der Waals surface area (Å²) in [5.41, 5.74) is 1.90. The first-order valence-electron chi connectivity index (χ1n) is 6.16. The van der Waals surface area contributed by atoms with Crippen molar-refractivity contribution < 1.29 is 13.6 Å². The summed E-state index contributed by atoms with van der Waals surface area (Å²) in [6.45, 7) is 1.90. The second kappa shape index (κ2) is 6.22. The largest absolute Gasteiger partial charge is 0.387 e. The molecule has 0 aliphatic carbocycles. The van der Waals surface area contributed by atoms with Gasteiger partial charge in [0.15, 0.2) is 5.82 Å². The van der Waals surface area contributed by atoms with Gasteiger partial charge in [0, 0.05) is 23.3 Å². The smallest absolute Gasteiger partial charge is 0.257 e. The lowest BCUT2D eigenvalue weighted by atomic mass is 10.1. The van der Waals surface area contributed by atoms with Gasteiger partial charge in [0.2, 0.25) is 0 Å². The van der Waals surface area contributed by atoms with Gasteiger partial charge in [-0.3, -0.25) is 4.79 Å². The highest BCUT2D eigenvalue weighted by Gasteiger charge is 2.16. The minimum Gasteiger partial charge on any atom is -0.387 e. The van der Waals surface area contributed by atoms with Gasteiger partial charge in [0.05, 0.1) is 11.3 Å². The summed E-state index contributed by atoms with van der Waals surface area (Å²) in [4.78, 5) is 12.3. The molecule has 0 aliphatic heterocycles. The average Bonchev–Trinajstić information content (AvgIpc) is 2.42. The van der Waals surface area contributed by atoms with Gasteiger partial charge in [0.25, 0.3) is 5.91 Å². The molecule has 110 valence electrons. The first-order valence-corrected chi connectivity index (χ1v) is 6.96. The van der Waals surface area contributed by atoms with Gasteiger partial charge < -0.3 is 10.6 Å². The van der Waals surface area contributed by atoms with Gasteiger partial charge in [0.1, 0.15) is 5.82 Å². The molecular formula is C15H13BrF2N2O. The highest BCUT2D eigenvalue weighted by molar-refractivity contribution is 9.10. The minimum atomic E-state index is -0.839. The van der Waals surface area contributed by atoms with Crippen molar-refractivity contribution in [1.29, 1.82) is 0 Å². The molecule has 0 aliphatic rings. The number of hydrogen-bond donors (Lipinski definition) is 2. The zero-order valence-corrected chi connectivity index (χ0v) is 13.0. The Labute approximate surface area is 129 Å². The van der Waals surface area contributed by atoms with E-state index < -0.39 is 17.5 Å². The third-order valence-corrected chi connectivity index (χ3v) is 3.56. The summed E-state index contributed by atoms with van der Waals surface area (Å²) < 4.78 is 26.9. The molecule has 0 fully saturated rings. The molecular weight excluding hydrogens is 342 g/mol. The fourth-order valence-electron chi connectivity index (χ4n) is 1.91. The van der Waals surface area contributed by atoms with Crippen LogP contribution in [0.15, 0.2) is 34.8 Å². The maximum Gasteiger partial charge on any atom is 0.257 e. The van der Waals surface area contributed by atoms with Gasteiger partial charge in [-0.2, -0.15) is 0 Å². The van der Waals surface area contributed by atoms with Crippen molar-refractivity contribution >= 4 is 33.2 Å². The van der Waals surface area contributed by atoms with Crippen molar-refractivity contribution in [3.05, 3.63) is 57.6 Å². The van der Waals surface area contributed by atoms with Gasteiger partial charge in [-0.25, -0.2) is 8.78 Å². The molecule has 1 amide bonds. The fourth-order valence-corrected chi connectivity index (χ4v) is 2.41. The lowest BCUT2D eigenvalue weighted by Gasteiger charge is -2.12. The van der Waals surface area contributed by atoms with Gasteiger partial charge >= 0.3 is 0 Å². The number of benzene rings is 2. The lowest BCUT2D eigenvalue weighted by molar-refractivity contribution is 0.102. The quantitative estimate of drug-likeness (QED) is 0.861. The molecule has 0 bridgehead atoms. The fraction of sp³-hybridized carbons (Fsp3) is 0.133. The van der Waals surface area contributed by atoms with Crippen LogP contribution in [0, 0.1) is 18.6 Å². The molecule has 2 aromatic carbocycles. The second-order valence-electron chi connectivity index (χ2n) is 4.50. The second-order valence-corrected chi connectivity index (χ2v) is 5.35. The van der Waals surface area contributed by atoms with Gasteiger partial charge in [-0.1, -0.05) is 6.07 Å². The summed E-state index contributed by atoms with van der Waals surface area (Å²) in [5, 5.41) is 5.36. The van der Waals surface area contributed by atoms with Crippen molar-refractivity contribution in [3.8, 4) is 0 Å². The topological polar surface area (TPSA) is 41.1 Å². The minimum absolute atomic E-state index is 0.0935. The maximum absolute atomic E-state index is 13.7. The Bertz CT molecular complexity index is 681. The van der Waals surface area contributed by atoms with Crippen LogP contribution in [0.2, 0.25) is 0 Å². The molecule has 3 nitrogen and oxygen atoms in total. The van der Waals surface area contributed by atoms with Crippen LogP contribution in [0.4, 0.5) is 20.2 Å². The highest BCUT2D eigenvalue weighted by atomic mass is 79.9. The van der Waals surface area contributed by atoms with Crippen LogP contribution in [-0.4, -0.2) is 13.0 Å². The number of rotatable bonds is 3. The molecule has 0 aromatic heterocycles. The van der Waals surface area contributed by atoms with E-state index in [2.05, 4.69) is 26.6 Å². The van der Waals surface area contributed by atoms with E-state index in [1.807, 2.05) is 13.0 Å². The standard InChI is InChI=1S/C15H13BrF2N2O/c1-8-3-4-10(13(5-8)19-2)15(21)20-14-11(16)6-9(17)7-12(14)18/h3-7,19H,1-2H3,(H,20,21). The molecule has 0 unspecified atom stereocenters. The first-order chi connectivity index (χ1) is 9.92. The maximum atomic E-state index is 13.7. The van der Waals surface area contributed by atoms with Gasteiger partial charge in [-0.05, 0) is 46.6 Å². The predicted octanol–water partition coefficient (Wildman–Crippen LogP) is 4.33.